The molecule has 0 atom stereocenters. The van der Waals surface area contributed by atoms with Crippen molar-refractivity contribution in [3.8, 4) is 0 Å². The maximum absolute atomic E-state index is 13.7. The Morgan fingerprint density at radius 3 is 2.44 bits per heavy atom. The number of amides is 2. The van der Waals surface area contributed by atoms with E-state index in [2.05, 4.69) is 31.2 Å². The molecule has 1 aliphatic heterocycles. The molecule has 1 saturated heterocycles. The lowest BCUT2D eigenvalue weighted by atomic mass is 9.95. The van der Waals surface area contributed by atoms with Gasteiger partial charge in [0.25, 0.3) is 5.91 Å². The molecule has 0 unspecified atom stereocenters. The molecule has 4 rings (SSSR count). The molecule has 2 heterocycles. The second-order valence-electron chi connectivity index (χ2n) is 10.0. The highest BCUT2D eigenvalue weighted by atomic mass is 19.1. The minimum absolute atomic E-state index is 0.0125. The van der Waals surface area contributed by atoms with Crippen molar-refractivity contribution >= 4 is 11.8 Å². The summed E-state index contributed by atoms with van der Waals surface area (Å²) in [5, 5.41) is 7.59. The van der Waals surface area contributed by atoms with E-state index in [1.54, 1.807) is 18.2 Å². The van der Waals surface area contributed by atoms with Crippen molar-refractivity contribution in [1.29, 1.82) is 0 Å². The Morgan fingerprint density at radius 1 is 1.12 bits per heavy atom. The lowest BCUT2D eigenvalue weighted by Crippen LogP contribution is -2.43. The van der Waals surface area contributed by atoms with Gasteiger partial charge in [-0.15, -0.1) is 0 Å². The Morgan fingerprint density at radius 2 is 1.81 bits per heavy atom. The van der Waals surface area contributed by atoms with Gasteiger partial charge in [0.05, 0.1) is 5.54 Å². The molecule has 1 aromatic carbocycles. The van der Waals surface area contributed by atoms with Crippen LogP contribution in [0, 0.1) is 11.7 Å². The molecule has 0 bridgehead atoms. The fourth-order valence-electron chi connectivity index (χ4n) is 4.38. The smallest absolute Gasteiger partial charge is 0.274 e. The van der Waals surface area contributed by atoms with Gasteiger partial charge in [-0.2, -0.15) is 5.10 Å². The third kappa shape index (κ3) is 5.03. The predicted octanol–water partition coefficient (Wildman–Crippen LogP) is 3.87. The molecule has 32 heavy (non-hydrogen) atoms. The summed E-state index contributed by atoms with van der Waals surface area (Å²) in [6.07, 6.45) is 4.05. The van der Waals surface area contributed by atoms with Crippen LogP contribution in [0.4, 0.5) is 4.39 Å². The standard InChI is InChI=1S/C25H33FN4O2/c1-25(2,3)30-22(18-8-9-18)16-21(28-30)24(32)29-14-11-19(12-15-29)23(31)27-13-10-17-6-4-5-7-20(17)26/h4-7,16,18-19H,8-15H2,1-3H3,(H,27,31). The number of piperidine rings is 1. The van der Waals surface area contributed by atoms with E-state index < -0.39 is 0 Å². The molecule has 2 amide bonds. The number of carbonyl (C=O) groups excluding carboxylic acids is 2. The zero-order chi connectivity index (χ0) is 22.9. The van der Waals surface area contributed by atoms with Gasteiger partial charge in [0, 0.05) is 37.2 Å². The topological polar surface area (TPSA) is 67.2 Å². The van der Waals surface area contributed by atoms with Crippen LogP contribution < -0.4 is 5.32 Å². The van der Waals surface area contributed by atoms with Crippen LogP contribution in [0.25, 0.3) is 0 Å². The van der Waals surface area contributed by atoms with E-state index in [1.807, 2.05) is 15.6 Å². The molecule has 1 saturated carbocycles. The molecule has 1 aromatic heterocycles. The molecule has 2 fully saturated rings. The number of aromatic nitrogens is 2. The number of nitrogens with one attached hydrogen (secondary N) is 1. The van der Waals surface area contributed by atoms with E-state index in [-0.39, 0.29) is 29.1 Å². The number of benzene rings is 1. The van der Waals surface area contributed by atoms with Crippen LogP contribution in [-0.2, 0) is 16.8 Å². The minimum atomic E-state index is -0.243. The number of carbonyl (C=O) groups is 2. The normalized spacial score (nSPS) is 17.4. The Labute approximate surface area is 189 Å². The molecule has 7 heteroatoms. The van der Waals surface area contributed by atoms with Crippen LogP contribution in [0.15, 0.2) is 30.3 Å². The first-order chi connectivity index (χ1) is 15.2. The fraction of sp³-hybridized carbons (Fsp3) is 0.560. The summed E-state index contributed by atoms with van der Waals surface area (Å²) in [7, 11) is 0. The number of halogens is 1. The second-order valence-corrected chi connectivity index (χ2v) is 10.0. The second kappa shape index (κ2) is 9.04. The highest BCUT2D eigenvalue weighted by Gasteiger charge is 2.34. The highest BCUT2D eigenvalue weighted by molar-refractivity contribution is 5.92. The number of likely N-dealkylation sites (tertiary alicyclic amines) is 1. The van der Waals surface area contributed by atoms with Crippen molar-refractivity contribution < 1.29 is 14.0 Å². The van der Waals surface area contributed by atoms with Crippen LogP contribution in [0.3, 0.4) is 0 Å². The monoisotopic (exact) mass is 440 g/mol. The van der Waals surface area contributed by atoms with Crippen LogP contribution in [0.5, 0.6) is 0 Å². The summed E-state index contributed by atoms with van der Waals surface area (Å²) < 4.78 is 15.7. The molecule has 0 spiro atoms. The molecule has 2 aliphatic rings. The summed E-state index contributed by atoms with van der Waals surface area (Å²) in [5.41, 5.74) is 2.11. The van der Waals surface area contributed by atoms with Crippen molar-refractivity contribution in [3.05, 3.63) is 53.1 Å². The lowest BCUT2D eigenvalue weighted by molar-refractivity contribution is -0.126. The molecule has 172 valence electrons. The largest absolute Gasteiger partial charge is 0.356 e. The van der Waals surface area contributed by atoms with Crippen LogP contribution >= 0.6 is 0 Å². The average molecular weight is 441 g/mol. The van der Waals surface area contributed by atoms with Gasteiger partial charge in [-0.1, -0.05) is 18.2 Å². The van der Waals surface area contributed by atoms with Gasteiger partial charge in [-0.25, -0.2) is 4.39 Å². The third-order valence-corrected chi connectivity index (χ3v) is 6.39. The van der Waals surface area contributed by atoms with Crippen LogP contribution in [0.1, 0.15) is 74.1 Å². The Hall–Kier alpha value is -2.70. The number of hydrogen-bond acceptors (Lipinski definition) is 3. The summed E-state index contributed by atoms with van der Waals surface area (Å²) >= 11 is 0. The van der Waals surface area contributed by atoms with E-state index in [0.717, 1.165) is 18.5 Å². The molecule has 0 radical (unpaired) electrons. The molecule has 6 nitrogen and oxygen atoms in total. The van der Waals surface area contributed by atoms with Crippen molar-refractivity contribution in [1.82, 2.24) is 20.0 Å². The van der Waals surface area contributed by atoms with Crippen LogP contribution in [0.2, 0.25) is 0 Å². The summed E-state index contributed by atoms with van der Waals surface area (Å²) in [5.74, 6) is 0.0954. The third-order valence-electron chi connectivity index (χ3n) is 6.39. The van der Waals surface area contributed by atoms with E-state index in [0.29, 0.717) is 56.1 Å². The first kappa shape index (κ1) is 22.5. The first-order valence-corrected chi connectivity index (χ1v) is 11.6. The van der Waals surface area contributed by atoms with Gasteiger partial charge in [0.2, 0.25) is 5.91 Å². The number of hydrogen-bond donors (Lipinski definition) is 1. The fourth-order valence-corrected chi connectivity index (χ4v) is 4.38. The van der Waals surface area contributed by atoms with E-state index in [1.165, 1.54) is 6.07 Å². The predicted molar refractivity (Wildman–Crippen MR) is 121 cm³/mol. The van der Waals surface area contributed by atoms with Crippen LogP contribution in [-0.4, -0.2) is 46.1 Å². The quantitative estimate of drug-likeness (QED) is 0.742. The number of nitrogens with zero attached hydrogens (tertiary/aromatic N) is 3. The minimum Gasteiger partial charge on any atom is -0.356 e. The zero-order valence-electron chi connectivity index (χ0n) is 19.2. The Balaban J connectivity index is 1.29. The SMILES string of the molecule is CC(C)(C)n1nc(C(=O)N2CCC(C(=O)NCCc3ccccc3F)CC2)cc1C1CC1. The van der Waals surface area contributed by atoms with Crippen molar-refractivity contribution in [3.63, 3.8) is 0 Å². The van der Waals surface area contributed by atoms with Crippen molar-refractivity contribution in [2.45, 2.75) is 64.3 Å². The lowest BCUT2D eigenvalue weighted by Gasteiger charge is -2.31. The Kier molecular flexibility index (Phi) is 6.35. The van der Waals surface area contributed by atoms with E-state index in [9.17, 15) is 14.0 Å². The Bertz CT molecular complexity index is 982. The van der Waals surface area contributed by atoms with E-state index >= 15 is 0 Å². The van der Waals surface area contributed by atoms with Gasteiger partial charge >= 0.3 is 0 Å². The zero-order valence-corrected chi connectivity index (χ0v) is 19.2. The molecular weight excluding hydrogens is 407 g/mol. The molecule has 2 aromatic rings. The summed E-state index contributed by atoms with van der Waals surface area (Å²) in [4.78, 5) is 27.4. The molecule has 1 aliphatic carbocycles. The average Bonchev–Trinajstić information content (AvgIpc) is 3.51. The first-order valence-electron chi connectivity index (χ1n) is 11.6. The number of rotatable bonds is 6. The van der Waals surface area contributed by atoms with Crippen molar-refractivity contribution in [2.24, 2.45) is 5.92 Å². The van der Waals surface area contributed by atoms with Gasteiger partial charge in [-0.05, 0) is 70.6 Å². The van der Waals surface area contributed by atoms with Gasteiger partial charge in [0.1, 0.15) is 5.82 Å². The van der Waals surface area contributed by atoms with Gasteiger partial charge in [0.15, 0.2) is 5.69 Å². The van der Waals surface area contributed by atoms with Gasteiger partial charge in [-0.3, -0.25) is 14.3 Å². The van der Waals surface area contributed by atoms with E-state index in [4.69, 9.17) is 0 Å². The maximum atomic E-state index is 13.7. The van der Waals surface area contributed by atoms with Crippen molar-refractivity contribution in [2.75, 3.05) is 19.6 Å². The molecular formula is C25H33FN4O2. The van der Waals surface area contributed by atoms with Gasteiger partial charge < -0.3 is 10.2 Å². The molecule has 1 N–H and O–H groups in total. The summed E-state index contributed by atoms with van der Waals surface area (Å²) in [6.45, 7) is 7.83. The maximum Gasteiger partial charge on any atom is 0.274 e. The highest BCUT2D eigenvalue weighted by Crippen LogP contribution is 2.41. The summed E-state index contributed by atoms with van der Waals surface area (Å²) in [6, 6.07) is 8.59.